The summed E-state index contributed by atoms with van der Waals surface area (Å²) in [7, 11) is 3.44. The van der Waals surface area contributed by atoms with Gasteiger partial charge in [-0.15, -0.1) is 0 Å². The van der Waals surface area contributed by atoms with Gasteiger partial charge < -0.3 is 25.4 Å². The summed E-state index contributed by atoms with van der Waals surface area (Å²) in [5.74, 6) is 1.37. The van der Waals surface area contributed by atoms with E-state index in [1.54, 1.807) is 20.4 Å². The van der Waals surface area contributed by atoms with Crippen LogP contribution in [0.25, 0.3) is 0 Å². The molecule has 2 aromatic rings. The first kappa shape index (κ1) is 20.0. The maximum absolute atomic E-state index is 12.4. The van der Waals surface area contributed by atoms with Gasteiger partial charge in [-0.25, -0.2) is 4.98 Å². The van der Waals surface area contributed by atoms with E-state index in [0.29, 0.717) is 31.9 Å². The first-order valence-corrected chi connectivity index (χ1v) is 9.39. The Morgan fingerprint density at radius 1 is 1.25 bits per heavy atom. The number of carbonyl (C=O) groups is 1. The SMILES string of the molecule is CNc1nccc(N2C[C@H](OC)[C@H](NC(=O)CCc3ccc(CO)cc3)C2)n1. The van der Waals surface area contributed by atoms with E-state index in [1.807, 2.05) is 30.3 Å². The molecule has 1 aromatic carbocycles. The van der Waals surface area contributed by atoms with E-state index in [1.165, 1.54) is 0 Å². The van der Waals surface area contributed by atoms with E-state index in [9.17, 15) is 4.79 Å². The molecule has 2 atom stereocenters. The maximum atomic E-state index is 12.4. The molecule has 0 aliphatic carbocycles. The summed E-state index contributed by atoms with van der Waals surface area (Å²) in [5.41, 5.74) is 1.94. The van der Waals surface area contributed by atoms with Crippen LogP contribution in [-0.2, 0) is 22.6 Å². The first-order chi connectivity index (χ1) is 13.6. The summed E-state index contributed by atoms with van der Waals surface area (Å²) in [4.78, 5) is 23.1. The number of amides is 1. The van der Waals surface area contributed by atoms with Crippen LogP contribution in [0.2, 0.25) is 0 Å². The number of anilines is 2. The third-order valence-electron chi connectivity index (χ3n) is 4.95. The van der Waals surface area contributed by atoms with Crippen LogP contribution >= 0.6 is 0 Å². The van der Waals surface area contributed by atoms with Crippen LogP contribution in [0.1, 0.15) is 17.5 Å². The lowest BCUT2D eigenvalue weighted by Gasteiger charge is -2.18. The summed E-state index contributed by atoms with van der Waals surface area (Å²) in [6.45, 7) is 1.32. The number of rotatable bonds is 8. The number of carbonyl (C=O) groups excluding carboxylic acids is 1. The van der Waals surface area contributed by atoms with Crippen molar-refractivity contribution in [1.82, 2.24) is 15.3 Å². The molecule has 3 N–H and O–H groups in total. The summed E-state index contributed by atoms with van der Waals surface area (Å²) in [5, 5.41) is 15.1. The Kier molecular flexibility index (Phi) is 6.78. The van der Waals surface area contributed by atoms with Gasteiger partial charge in [-0.2, -0.15) is 4.98 Å². The molecule has 0 spiro atoms. The fraction of sp³-hybridized carbons (Fsp3) is 0.450. The second kappa shape index (κ2) is 9.48. The maximum Gasteiger partial charge on any atom is 0.224 e. The Morgan fingerprint density at radius 2 is 2.00 bits per heavy atom. The Hall–Kier alpha value is -2.71. The topological polar surface area (TPSA) is 99.6 Å². The summed E-state index contributed by atoms with van der Waals surface area (Å²) >= 11 is 0. The van der Waals surface area contributed by atoms with Crippen molar-refractivity contribution in [2.24, 2.45) is 0 Å². The minimum atomic E-state index is -0.0965. The molecule has 8 nitrogen and oxygen atoms in total. The molecule has 8 heteroatoms. The average molecular weight is 385 g/mol. The lowest BCUT2D eigenvalue weighted by molar-refractivity contribution is -0.122. The van der Waals surface area contributed by atoms with E-state index in [0.717, 1.165) is 16.9 Å². The van der Waals surface area contributed by atoms with Gasteiger partial charge in [0.25, 0.3) is 0 Å². The van der Waals surface area contributed by atoms with E-state index < -0.39 is 0 Å². The summed E-state index contributed by atoms with van der Waals surface area (Å²) in [6.07, 6.45) is 2.68. The molecule has 0 bridgehead atoms. The quantitative estimate of drug-likeness (QED) is 0.622. The van der Waals surface area contributed by atoms with Crippen LogP contribution in [0, 0.1) is 0 Å². The molecule has 1 saturated heterocycles. The number of aryl methyl sites for hydroxylation is 1. The van der Waals surface area contributed by atoms with Crippen molar-refractivity contribution >= 4 is 17.7 Å². The second-order valence-electron chi connectivity index (χ2n) is 6.82. The number of aliphatic hydroxyl groups excluding tert-OH is 1. The van der Waals surface area contributed by atoms with E-state index in [-0.39, 0.29) is 24.7 Å². The molecule has 2 heterocycles. The third kappa shape index (κ3) is 4.96. The van der Waals surface area contributed by atoms with Crippen molar-refractivity contribution in [3.63, 3.8) is 0 Å². The zero-order chi connectivity index (χ0) is 19.9. The highest BCUT2D eigenvalue weighted by Gasteiger charge is 2.34. The third-order valence-corrected chi connectivity index (χ3v) is 4.95. The van der Waals surface area contributed by atoms with E-state index in [4.69, 9.17) is 9.84 Å². The van der Waals surface area contributed by atoms with Crippen molar-refractivity contribution in [2.75, 3.05) is 37.5 Å². The molecule has 0 unspecified atom stereocenters. The molecule has 1 aliphatic heterocycles. The predicted molar refractivity (Wildman–Crippen MR) is 107 cm³/mol. The van der Waals surface area contributed by atoms with Crippen LogP contribution in [0.4, 0.5) is 11.8 Å². The van der Waals surface area contributed by atoms with Gasteiger partial charge in [0.05, 0.1) is 18.8 Å². The monoisotopic (exact) mass is 385 g/mol. The van der Waals surface area contributed by atoms with Gasteiger partial charge in [-0.05, 0) is 23.6 Å². The zero-order valence-electron chi connectivity index (χ0n) is 16.3. The van der Waals surface area contributed by atoms with Crippen LogP contribution in [-0.4, -0.2) is 60.4 Å². The molecule has 1 fully saturated rings. The number of benzene rings is 1. The number of nitrogens with zero attached hydrogens (tertiary/aromatic N) is 3. The molecule has 28 heavy (non-hydrogen) atoms. The number of hydrogen-bond acceptors (Lipinski definition) is 7. The molecule has 150 valence electrons. The lowest BCUT2D eigenvalue weighted by atomic mass is 10.1. The summed E-state index contributed by atoms with van der Waals surface area (Å²) in [6, 6.07) is 9.41. The minimum absolute atomic E-state index is 0.00117. The molecule has 3 rings (SSSR count). The first-order valence-electron chi connectivity index (χ1n) is 9.39. The minimum Gasteiger partial charge on any atom is -0.392 e. The molecule has 0 saturated carbocycles. The van der Waals surface area contributed by atoms with Gasteiger partial charge in [-0.1, -0.05) is 24.3 Å². The molecular weight excluding hydrogens is 358 g/mol. The molecular formula is C20H27N5O3. The van der Waals surface area contributed by atoms with Gasteiger partial charge in [-0.3, -0.25) is 4.79 Å². The van der Waals surface area contributed by atoms with Crippen molar-refractivity contribution in [2.45, 2.75) is 31.6 Å². The Balaban J connectivity index is 1.55. The smallest absolute Gasteiger partial charge is 0.224 e. The fourth-order valence-corrected chi connectivity index (χ4v) is 3.33. The van der Waals surface area contributed by atoms with Crippen LogP contribution in [0.5, 0.6) is 0 Å². The highest BCUT2D eigenvalue weighted by atomic mass is 16.5. The van der Waals surface area contributed by atoms with Gasteiger partial charge in [0.15, 0.2) is 0 Å². The highest BCUT2D eigenvalue weighted by molar-refractivity contribution is 5.76. The Labute approximate surface area is 165 Å². The van der Waals surface area contributed by atoms with Gasteiger partial charge in [0.1, 0.15) is 5.82 Å². The predicted octanol–water partition coefficient (Wildman–Crippen LogP) is 0.963. The average Bonchev–Trinajstić information content (AvgIpc) is 3.15. The molecule has 1 aliphatic rings. The number of aliphatic hydroxyl groups is 1. The second-order valence-corrected chi connectivity index (χ2v) is 6.82. The lowest BCUT2D eigenvalue weighted by Crippen LogP contribution is -2.43. The van der Waals surface area contributed by atoms with Crippen LogP contribution in [0.3, 0.4) is 0 Å². The molecule has 1 aromatic heterocycles. The fourth-order valence-electron chi connectivity index (χ4n) is 3.33. The Bertz CT molecular complexity index is 784. The van der Waals surface area contributed by atoms with Crippen LogP contribution < -0.4 is 15.5 Å². The van der Waals surface area contributed by atoms with Crippen molar-refractivity contribution in [3.8, 4) is 0 Å². The van der Waals surface area contributed by atoms with Gasteiger partial charge in [0, 0.05) is 39.9 Å². The van der Waals surface area contributed by atoms with Crippen molar-refractivity contribution < 1.29 is 14.6 Å². The van der Waals surface area contributed by atoms with Crippen molar-refractivity contribution in [3.05, 3.63) is 47.7 Å². The largest absolute Gasteiger partial charge is 0.392 e. The molecule has 1 amide bonds. The van der Waals surface area contributed by atoms with Crippen molar-refractivity contribution in [1.29, 1.82) is 0 Å². The van der Waals surface area contributed by atoms with Gasteiger partial charge in [0.2, 0.25) is 11.9 Å². The normalized spacial score (nSPS) is 18.9. The van der Waals surface area contributed by atoms with E-state index >= 15 is 0 Å². The highest BCUT2D eigenvalue weighted by Crippen LogP contribution is 2.21. The number of ether oxygens (including phenoxy) is 1. The zero-order valence-corrected chi connectivity index (χ0v) is 16.3. The van der Waals surface area contributed by atoms with Crippen LogP contribution in [0.15, 0.2) is 36.5 Å². The van der Waals surface area contributed by atoms with Gasteiger partial charge >= 0.3 is 0 Å². The number of aromatic nitrogens is 2. The Morgan fingerprint density at radius 3 is 2.68 bits per heavy atom. The number of hydrogen-bond donors (Lipinski definition) is 3. The summed E-state index contributed by atoms with van der Waals surface area (Å²) < 4.78 is 5.58. The number of nitrogens with one attached hydrogen (secondary N) is 2. The molecule has 0 radical (unpaired) electrons. The number of methoxy groups -OCH3 is 1. The standard InChI is InChI=1S/C20H27N5O3/c1-21-20-22-10-9-18(24-20)25-11-16(17(12-25)28-2)23-19(27)8-7-14-3-5-15(13-26)6-4-14/h3-6,9-10,16-17,26H,7-8,11-13H2,1-2H3,(H,23,27)(H,21,22,24)/t16-,17+/m1/s1. The van der Waals surface area contributed by atoms with E-state index in [2.05, 4.69) is 25.5 Å².